The van der Waals surface area contributed by atoms with Gasteiger partial charge in [0, 0.05) is 5.54 Å². The third-order valence-corrected chi connectivity index (χ3v) is 3.29. The van der Waals surface area contributed by atoms with Crippen molar-refractivity contribution in [3.05, 3.63) is 16.3 Å². The van der Waals surface area contributed by atoms with E-state index in [0.29, 0.717) is 5.82 Å². The van der Waals surface area contributed by atoms with Gasteiger partial charge in [0.2, 0.25) is 0 Å². The molecule has 0 saturated heterocycles. The average Bonchev–Trinajstić information content (AvgIpc) is 2.78. The molecule has 0 aromatic carbocycles. The summed E-state index contributed by atoms with van der Waals surface area (Å²) in [7, 11) is 0. The Bertz CT molecular complexity index is 495. The van der Waals surface area contributed by atoms with Gasteiger partial charge in [0.05, 0.1) is 0 Å². The van der Waals surface area contributed by atoms with Gasteiger partial charge in [-0.1, -0.05) is 12.8 Å². The minimum Gasteiger partial charge on any atom is -0.333 e. The van der Waals surface area contributed by atoms with Gasteiger partial charge in [-0.3, -0.25) is 0 Å². The van der Waals surface area contributed by atoms with Crippen LogP contribution < -0.4 is 16.8 Å². The van der Waals surface area contributed by atoms with E-state index in [4.69, 9.17) is 5.84 Å². The van der Waals surface area contributed by atoms with Gasteiger partial charge in [-0.2, -0.15) is 4.68 Å². The van der Waals surface area contributed by atoms with Crippen molar-refractivity contribution in [2.45, 2.75) is 45.1 Å². The summed E-state index contributed by atoms with van der Waals surface area (Å²) >= 11 is 0. The monoisotopic (exact) mass is 239 g/mol. The number of carbonyl (C=O) groups excluding carboxylic acids is 1. The van der Waals surface area contributed by atoms with Gasteiger partial charge in [0.1, 0.15) is 0 Å². The highest BCUT2D eigenvalue weighted by Crippen LogP contribution is 2.28. The predicted molar refractivity (Wildman–Crippen MR) is 62.2 cm³/mol. The summed E-state index contributed by atoms with van der Waals surface area (Å²) in [4.78, 5) is 23.5. The molecule has 2 rings (SSSR count). The molecular weight excluding hydrogens is 222 g/mol. The highest BCUT2D eigenvalue weighted by molar-refractivity contribution is 5.76. The second-order valence-corrected chi connectivity index (χ2v) is 4.81. The molecule has 1 saturated carbocycles. The molecule has 3 N–H and O–H groups in total. The van der Waals surface area contributed by atoms with Gasteiger partial charge in [0.15, 0.2) is 5.82 Å². The van der Waals surface area contributed by atoms with E-state index in [9.17, 15) is 9.59 Å². The van der Waals surface area contributed by atoms with Crippen LogP contribution in [0.1, 0.15) is 38.4 Å². The lowest BCUT2D eigenvalue weighted by atomic mass is 10.0. The van der Waals surface area contributed by atoms with Crippen LogP contribution in [0, 0.1) is 6.92 Å². The normalized spacial score (nSPS) is 18.2. The number of carbonyl (C=O) groups is 1. The average molecular weight is 239 g/mol. The summed E-state index contributed by atoms with van der Waals surface area (Å²) in [6.45, 7) is 3.55. The zero-order valence-corrected chi connectivity index (χ0v) is 10.1. The molecule has 0 bridgehead atoms. The number of amides is 1. The van der Waals surface area contributed by atoms with Gasteiger partial charge in [-0.25, -0.2) is 9.59 Å². The largest absolute Gasteiger partial charge is 0.373 e. The minimum absolute atomic E-state index is 0.233. The van der Waals surface area contributed by atoms with Crippen molar-refractivity contribution in [2.75, 3.05) is 5.84 Å². The molecule has 1 fully saturated rings. The Kier molecular flexibility index (Phi) is 2.68. The van der Waals surface area contributed by atoms with Crippen molar-refractivity contribution in [3.63, 3.8) is 0 Å². The fourth-order valence-electron chi connectivity index (χ4n) is 2.20. The first-order valence-electron chi connectivity index (χ1n) is 5.69. The molecule has 1 heterocycles. The SMILES string of the molecule is Cc1nn(C(=O)NC2(C)CCCC2)c(=O)n1N. The second kappa shape index (κ2) is 3.90. The lowest BCUT2D eigenvalue weighted by Gasteiger charge is -2.24. The second-order valence-electron chi connectivity index (χ2n) is 4.81. The topological polar surface area (TPSA) is 94.9 Å². The Morgan fingerprint density at radius 3 is 2.53 bits per heavy atom. The van der Waals surface area contributed by atoms with Crippen molar-refractivity contribution < 1.29 is 4.79 Å². The standard InChI is InChI=1S/C10H17N5O2/c1-7-13-15(9(17)14(7)11)8(16)12-10(2)5-3-4-6-10/h3-6,11H2,1-2H3,(H,12,16). The van der Waals surface area contributed by atoms with Crippen molar-refractivity contribution in [2.24, 2.45) is 0 Å². The van der Waals surface area contributed by atoms with E-state index in [1.54, 1.807) is 6.92 Å². The number of nitrogens with two attached hydrogens (primary N) is 1. The molecule has 0 aliphatic heterocycles. The molecule has 7 nitrogen and oxygen atoms in total. The number of hydrogen-bond donors (Lipinski definition) is 2. The zero-order valence-electron chi connectivity index (χ0n) is 10.1. The first kappa shape index (κ1) is 11.7. The number of nitrogens with zero attached hydrogens (tertiary/aromatic N) is 3. The van der Waals surface area contributed by atoms with Crippen LogP contribution in [0.25, 0.3) is 0 Å². The Labute approximate surface area is 98.6 Å². The number of nitrogens with one attached hydrogen (secondary N) is 1. The van der Waals surface area contributed by atoms with E-state index in [-0.39, 0.29) is 5.54 Å². The number of aromatic nitrogens is 3. The van der Waals surface area contributed by atoms with Crippen LogP contribution in [-0.2, 0) is 0 Å². The molecule has 1 aliphatic rings. The van der Waals surface area contributed by atoms with E-state index in [1.165, 1.54) is 0 Å². The first-order valence-corrected chi connectivity index (χ1v) is 5.69. The van der Waals surface area contributed by atoms with Gasteiger partial charge < -0.3 is 11.2 Å². The lowest BCUT2D eigenvalue weighted by Crippen LogP contribution is -2.49. The molecule has 0 radical (unpaired) electrons. The van der Waals surface area contributed by atoms with Gasteiger partial charge in [0.25, 0.3) is 0 Å². The predicted octanol–water partition coefficient (Wildman–Crippen LogP) is -0.0426. The molecular formula is C10H17N5O2. The molecule has 94 valence electrons. The molecule has 1 aliphatic carbocycles. The highest BCUT2D eigenvalue weighted by Gasteiger charge is 2.31. The first-order chi connectivity index (χ1) is 7.93. The molecule has 0 atom stereocenters. The van der Waals surface area contributed by atoms with Gasteiger partial charge in [-0.05, 0) is 26.7 Å². The van der Waals surface area contributed by atoms with Crippen molar-refractivity contribution in [1.29, 1.82) is 0 Å². The molecule has 0 unspecified atom stereocenters. The van der Waals surface area contributed by atoms with Gasteiger partial charge >= 0.3 is 11.7 Å². The Hall–Kier alpha value is -1.79. The van der Waals surface area contributed by atoms with Crippen LogP contribution in [-0.4, -0.2) is 26.0 Å². The van der Waals surface area contributed by atoms with Crippen LogP contribution in [0.5, 0.6) is 0 Å². The molecule has 1 aromatic heterocycles. The highest BCUT2D eigenvalue weighted by atomic mass is 16.2. The van der Waals surface area contributed by atoms with Crippen LogP contribution >= 0.6 is 0 Å². The maximum absolute atomic E-state index is 11.9. The summed E-state index contributed by atoms with van der Waals surface area (Å²) in [5.41, 5.74) is -0.857. The van der Waals surface area contributed by atoms with Crippen LogP contribution in [0.4, 0.5) is 4.79 Å². The Balaban J connectivity index is 2.20. The minimum atomic E-state index is -0.624. The molecule has 0 spiro atoms. The van der Waals surface area contributed by atoms with Crippen LogP contribution in [0.15, 0.2) is 4.79 Å². The number of aryl methyl sites for hydroxylation is 1. The van der Waals surface area contributed by atoms with Crippen LogP contribution in [0.2, 0.25) is 0 Å². The summed E-state index contributed by atoms with van der Waals surface area (Å²) < 4.78 is 1.63. The molecule has 17 heavy (non-hydrogen) atoms. The van der Waals surface area contributed by atoms with Crippen molar-refractivity contribution >= 4 is 6.03 Å². The Morgan fingerprint density at radius 2 is 2.06 bits per heavy atom. The number of nitrogen functional groups attached to an aromatic ring is 1. The van der Waals surface area contributed by atoms with Crippen molar-refractivity contribution in [3.8, 4) is 0 Å². The zero-order chi connectivity index (χ0) is 12.6. The molecule has 1 amide bonds. The third kappa shape index (κ3) is 2.04. The number of rotatable bonds is 1. The maximum Gasteiger partial charge on any atom is 0.373 e. The van der Waals surface area contributed by atoms with Crippen LogP contribution in [0.3, 0.4) is 0 Å². The summed E-state index contributed by atoms with van der Waals surface area (Å²) in [6.07, 6.45) is 4.04. The van der Waals surface area contributed by atoms with E-state index in [1.807, 2.05) is 6.92 Å². The summed E-state index contributed by atoms with van der Waals surface area (Å²) in [5.74, 6) is 5.73. The lowest BCUT2D eigenvalue weighted by molar-refractivity contribution is 0.225. The third-order valence-electron chi connectivity index (χ3n) is 3.29. The maximum atomic E-state index is 11.9. The van der Waals surface area contributed by atoms with Gasteiger partial charge in [-0.15, -0.1) is 9.78 Å². The fraction of sp³-hybridized carbons (Fsp3) is 0.700. The fourth-order valence-corrected chi connectivity index (χ4v) is 2.20. The molecule has 7 heteroatoms. The number of hydrogen-bond acceptors (Lipinski definition) is 4. The van der Waals surface area contributed by atoms with Crippen molar-refractivity contribution in [1.82, 2.24) is 19.8 Å². The molecule has 1 aromatic rings. The van der Waals surface area contributed by atoms with E-state index in [2.05, 4.69) is 10.4 Å². The summed E-state index contributed by atoms with van der Waals surface area (Å²) in [6, 6.07) is -0.508. The van der Waals surface area contributed by atoms with E-state index >= 15 is 0 Å². The van der Waals surface area contributed by atoms with E-state index in [0.717, 1.165) is 35.0 Å². The smallest absolute Gasteiger partial charge is 0.333 e. The quantitative estimate of drug-likeness (QED) is 0.672. The summed E-state index contributed by atoms with van der Waals surface area (Å²) in [5, 5.41) is 6.66. The van der Waals surface area contributed by atoms with E-state index < -0.39 is 11.7 Å². The Morgan fingerprint density at radius 1 is 1.47 bits per heavy atom.